The van der Waals surface area contributed by atoms with E-state index in [1.807, 2.05) is 30.3 Å². The zero-order chi connectivity index (χ0) is 19.2. The molecule has 136 valence electrons. The molecule has 2 aromatic rings. The summed E-state index contributed by atoms with van der Waals surface area (Å²) in [5, 5.41) is 2.45. The summed E-state index contributed by atoms with van der Waals surface area (Å²) in [5.41, 5.74) is 6.22. The molecule has 2 amide bonds. The van der Waals surface area contributed by atoms with Crippen molar-refractivity contribution in [2.24, 2.45) is 5.73 Å². The van der Waals surface area contributed by atoms with Crippen molar-refractivity contribution in [3.63, 3.8) is 0 Å². The van der Waals surface area contributed by atoms with Crippen LogP contribution in [0.4, 0.5) is 0 Å². The average Bonchev–Trinajstić information content (AvgIpc) is 2.60. The number of carbonyl (C=O) groups excluding carboxylic acids is 2. The van der Waals surface area contributed by atoms with Gasteiger partial charge in [-0.1, -0.05) is 77.3 Å². The number of halogens is 3. The van der Waals surface area contributed by atoms with Crippen LogP contribution in [0.15, 0.2) is 60.7 Å². The molecule has 2 rings (SSSR count). The molecular formula is C18H15Cl3N2O3. The maximum Gasteiger partial charge on any atom is 0.252 e. The monoisotopic (exact) mass is 412 g/mol. The van der Waals surface area contributed by atoms with Gasteiger partial charge in [0.1, 0.15) is 5.75 Å². The summed E-state index contributed by atoms with van der Waals surface area (Å²) < 4.78 is 3.55. The molecule has 0 saturated heterocycles. The highest BCUT2D eigenvalue weighted by Gasteiger charge is 2.36. The van der Waals surface area contributed by atoms with Gasteiger partial charge in [-0.15, -0.1) is 0 Å². The van der Waals surface area contributed by atoms with Crippen molar-refractivity contribution in [2.75, 3.05) is 0 Å². The second-order valence-corrected chi connectivity index (χ2v) is 7.52. The number of rotatable bonds is 6. The quantitative estimate of drug-likeness (QED) is 0.430. The number of para-hydroxylation sites is 1. The first-order chi connectivity index (χ1) is 12.3. The Morgan fingerprint density at radius 1 is 1.04 bits per heavy atom. The molecule has 0 unspecified atom stereocenters. The lowest BCUT2D eigenvalue weighted by molar-refractivity contribution is -0.118. The van der Waals surface area contributed by atoms with Gasteiger partial charge < -0.3 is 15.8 Å². The van der Waals surface area contributed by atoms with Crippen LogP contribution in [0.5, 0.6) is 5.75 Å². The van der Waals surface area contributed by atoms with Gasteiger partial charge in [-0.05, 0) is 23.8 Å². The fraction of sp³-hybridized carbons (Fsp3) is 0.111. The predicted molar refractivity (Wildman–Crippen MR) is 103 cm³/mol. The molecule has 8 heteroatoms. The van der Waals surface area contributed by atoms with Crippen LogP contribution in [0.25, 0.3) is 6.08 Å². The molecule has 2 aromatic carbocycles. The fourth-order valence-corrected chi connectivity index (χ4v) is 2.29. The lowest BCUT2D eigenvalue weighted by Crippen LogP contribution is -2.47. The molecule has 0 fully saturated rings. The van der Waals surface area contributed by atoms with Crippen molar-refractivity contribution < 1.29 is 14.3 Å². The Kier molecular flexibility index (Phi) is 6.91. The number of nitrogens with one attached hydrogen (secondary N) is 1. The van der Waals surface area contributed by atoms with Crippen molar-refractivity contribution in [3.05, 3.63) is 71.8 Å². The van der Waals surface area contributed by atoms with E-state index in [0.717, 1.165) is 5.56 Å². The van der Waals surface area contributed by atoms with E-state index in [1.165, 1.54) is 18.2 Å². The summed E-state index contributed by atoms with van der Waals surface area (Å²) in [5.74, 6) is -1.16. The van der Waals surface area contributed by atoms with Crippen LogP contribution in [0.2, 0.25) is 0 Å². The highest BCUT2D eigenvalue weighted by Crippen LogP contribution is 2.32. The minimum Gasteiger partial charge on any atom is -0.465 e. The number of carbonyl (C=O) groups is 2. The van der Waals surface area contributed by atoms with Crippen LogP contribution in [0, 0.1) is 0 Å². The van der Waals surface area contributed by atoms with E-state index >= 15 is 0 Å². The van der Waals surface area contributed by atoms with Crippen LogP contribution in [0.1, 0.15) is 15.9 Å². The van der Waals surface area contributed by atoms with Crippen LogP contribution in [-0.4, -0.2) is 21.8 Å². The minimum absolute atomic E-state index is 0.0867. The zero-order valence-electron chi connectivity index (χ0n) is 13.4. The molecular weight excluding hydrogens is 399 g/mol. The topological polar surface area (TPSA) is 81.4 Å². The molecule has 0 bridgehead atoms. The van der Waals surface area contributed by atoms with E-state index in [-0.39, 0.29) is 11.3 Å². The van der Waals surface area contributed by atoms with Gasteiger partial charge in [0.2, 0.25) is 15.9 Å². The maximum atomic E-state index is 12.1. The number of hydrogen-bond acceptors (Lipinski definition) is 3. The number of alkyl halides is 3. The first kappa shape index (κ1) is 20.1. The van der Waals surface area contributed by atoms with E-state index in [1.54, 1.807) is 18.2 Å². The van der Waals surface area contributed by atoms with Crippen LogP contribution < -0.4 is 15.8 Å². The number of nitrogens with two attached hydrogens (primary N) is 1. The summed E-state index contributed by atoms with van der Waals surface area (Å²) in [6.07, 6.45) is 1.53. The summed E-state index contributed by atoms with van der Waals surface area (Å²) in [4.78, 5) is 23.6. The van der Waals surface area contributed by atoms with E-state index in [9.17, 15) is 9.59 Å². The van der Waals surface area contributed by atoms with Gasteiger partial charge in [-0.25, -0.2) is 0 Å². The number of ether oxygens (including phenoxy) is 1. The molecule has 26 heavy (non-hydrogen) atoms. The van der Waals surface area contributed by atoms with Crippen LogP contribution in [0.3, 0.4) is 0 Å². The van der Waals surface area contributed by atoms with Gasteiger partial charge in [-0.3, -0.25) is 9.59 Å². The molecule has 0 aliphatic rings. The van der Waals surface area contributed by atoms with Gasteiger partial charge in [0, 0.05) is 6.08 Å². The molecule has 0 radical (unpaired) electrons. The van der Waals surface area contributed by atoms with Crippen LogP contribution >= 0.6 is 34.8 Å². The van der Waals surface area contributed by atoms with Crippen LogP contribution in [-0.2, 0) is 4.79 Å². The van der Waals surface area contributed by atoms with Crippen molar-refractivity contribution in [1.82, 2.24) is 5.32 Å². The highest BCUT2D eigenvalue weighted by atomic mass is 35.6. The van der Waals surface area contributed by atoms with Crippen molar-refractivity contribution >= 4 is 52.7 Å². The van der Waals surface area contributed by atoms with E-state index < -0.39 is 21.8 Å². The first-order valence-electron chi connectivity index (χ1n) is 7.43. The average molecular weight is 414 g/mol. The summed E-state index contributed by atoms with van der Waals surface area (Å²) >= 11 is 17.7. The third-order valence-corrected chi connectivity index (χ3v) is 3.79. The standard InChI is InChI=1S/C18H15Cl3N2O3/c19-18(20,21)17(26-14-9-5-4-8-13(14)16(22)25)23-15(24)11-10-12-6-2-1-3-7-12/h1-11,17H,(H2,22,25)(H,23,24)/b11-10+/t17-/m0/s1. The third kappa shape index (κ3) is 5.95. The summed E-state index contributed by atoms with van der Waals surface area (Å²) in [7, 11) is 0. The van der Waals surface area contributed by atoms with Crippen molar-refractivity contribution in [3.8, 4) is 5.75 Å². The Balaban J connectivity index is 2.15. The number of primary amides is 1. The van der Waals surface area contributed by atoms with Gasteiger partial charge in [0.25, 0.3) is 5.91 Å². The zero-order valence-corrected chi connectivity index (χ0v) is 15.6. The summed E-state index contributed by atoms with van der Waals surface area (Å²) in [6.45, 7) is 0. The summed E-state index contributed by atoms with van der Waals surface area (Å²) in [6, 6.07) is 15.4. The van der Waals surface area contributed by atoms with Gasteiger partial charge >= 0.3 is 0 Å². The lowest BCUT2D eigenvalue weighted by atomic mass is 10.2. The predicted octanol–water partition coefficient (Wildman–Crippen LogP) is 3.69. The lowest BCUT2D eigenvalue weighted by Gasteiger charge is -2.26. The van der Waals surface area contributed by atoms with Gasteiger partial charge in [0.05, 0.1) is 5.56 Å². The van der Waals surface area contributed by atoms with Gasteiger partial charge in [-0.2, -0.15) is 0 Å². The molecule has 0 spiro atoms. The smallest absolute Gasteiger partial charge is 0.252 e. The van der Waals surface area contributed by atoms with Gasteiger partial charge in [0.15, 0.2) is 0 Å². The van der Waals surface area contributed by atoms with E-state index in [2.05, 4.69) is 5.32 Å². The Hall–Kier alpha value is -2.21. The molecule has 1 atom stereocenters. The SMILES string of the molecule is NC(=O)c1ccccc1O[C@H](NC(=O)/C=C/c1ccccc1)C(Cl)(Cl)Cl. The highest BCUT2D eigenvalue weighted by molar-refractivity contribution is 6.68. The van der Waals surface area contributed by atoms with E-state index in [4.69, 9.17) is 45.3 Å². The maximum absolute atomic E-state index is 12.1. The molecule has 0 aromatic heterocycles. The fourth-order valence-electron chi connectivity index (χ4n) is 1.99. The Morgan fingerprint density at radius 3 is 2.27 bits per heavy atom. The molecule has 5 nitrogen and oxygen atoms in total. The second kappa shape index (κ2) is 8.94. The number of benzene rings is 2. The Morgan fingerprint density at radius 2 is 1.65 bits per heavy atom. The normalized spacial score (nSPS) is 12.6. The minimum atomic E-state index is -1.99. The Bertz CT molecular complexity index is 805. The molecule has 0 aliphatic carbocycles. The number of amides is 2. The molecule has 0 heterocycles. The van der Waals surface area contributed by atoms with Crippen molar-refractivity contribution in [1.29, 1.82) is 0 Å². The van der Waals surface area contributed by atoms with E-state index in [0.29, 0.717) is 0 Å². The second-order valence-electron chi connectivity index (χ2n) is 5.15. The third-order valence-electron chi connectivity index (χ3n) is 3.19. The number of hydrogen-bond donors (Lipinski definition) is 2. The van der Waals surface area contributed by atoms with Crippen molar-refractivity contribution in [2.45, 2.75) is 10.0 Å². The largest absolute Gasteiger partial charge is 0.465 e. The molecule has 0 aliphatic heterocycles. The first-order valence-corrected chi connectivity index (χ1v) is 8.56. The molecule has 0 saturated carbocycles. The molecule has 3 N–H and O–H groups in total. The Labute approximate surface area is 165 Å².